The van der Waals surface area contributed by atoms with E-state index in [-0.39, 0.29) is 0 Å². The van der Waals surface area contributed by atoms with E-state index >= 15 is 0 Å². The van der Waals surface area contributed by atoms with Gasteiger partial charge in [0.2, 0.25) is 0 Å². The van der Waals surface area contributed by atoms with Crippen molar-refractivity contribution in [1.82, 2.24) is 0 Å². The maximum atomic E-state index is 2.40. The molecule has 0 fully saturated rings. The van der Waals surface area contributed by atoms with Gasteiger partial charge < -0.3 is 0 Å². The van der Waals surface area contributed by atoms with Crippen LogP contribution in [0.2, 0.25) is 0 Å². The van der Waals surface area contributed by atoms with E-state index < -0.39 is 0 Å². The highest BCUT2D eigenvalue weighted by Crippen LogP contribution is 2.23. The molecule has 0 aliphatic rings. The first kappa shape index (κ1) is 14.3. The average molecular weight is 232 g/mol. The molecule has 0 nitrogen and oxygen atoms in total. The molecule has 0 spiro atoms. The fraction of sp³-hybridized carbons (Fsp3) is 0.647. The maximum absolute atomic E-state index is 2.40. The molecule has 0 radical (unpaired) electrons. The first-order chi connectivity index (χ1) is 8.19. The predicted molar refractivity (Wildman–Crippen MR) is 77.7 cm³/mol. The molecular formula is C17H28. The van der Waals surface area contributed by atoms with E-state index in [4.69, 9.17) is 0 Å². The summed E-state index contributed by atoms with van der Waals surface area (Å²) in [5.41, 5.74) is 4.55. The second kappa shape index (κ2) is 7.53. The van der Waals surface area contributed by atoms with Gasteiger partial charge in [-0.15, -0.1) is 0 Å². The summed E-state index contributed by atoms with van der Waals surface area (Å²) in [4.78, 5) is 0. The lowest BCUT2D eigenvalue weighted by Crippen LogP contribution is -1.96. The number of hydrogen-bond acceptors (Lipinski definition) is 0. The van der Waals surface area contributed by atoms with Crippen LogP contribution in [0.3, 0.4) is 0 Å². The maximum Gasteiger partial charge on any atom is -0.0190 e. The SMILES string of the molecule is CCCCCc1ccc([C@H](C)CCC)cc1C. The quantitative estimate of drug-likeness (QED) is 0.534. The number of rotatable bonds is 7. The zero-order valence-corrected chi connectivity index (χ0v) is 12.1. The molecule has 0 aromatic heterocycles. The number of unbranched alkanes of at least 4 members (excludes halogenated alkanes) is 2. The van der Waals surface area contributed by atoms with E-state index in [9.17, 15) is 0 Å². The molecule has 1 atom stereocenters. The molecular weight excluding hydrogens is 204 g/mol. The molecule has 96 valence electrons. The number of benzene rings is 1. The lowest BCUT2D eigenvalue weighted by molar-refractivity contribution is 0.663. The lowest BCUT2D eigenvalue weighted by Gasteiger charge is -2.13. The van der Waals surface area contributed by atoms with Gasteiger partial charge in [0.15, 0.2) is 0 Å². The van der Waals surface area contributed by atoms with Crippen molar-refractivity contribution in [3.8, 4) is 0 Å². The third-order valence-corrected chi connectivity index (χ3v) is 3.71. The predicted octanol–water partition coefficient (Wildman–Crippen LogP) is 5.63. The largest absolute Gasteiger partial charge is 0.0654 e. The highest BCUT2D eigenvalue weighted by Gasteiger charge is 2.06. The molecule has 0 heterocycles. The van der Waals surface area contributed by atoms with Gasteiger partial charge in [0.05, 0.1) is 0 Å². The van der Waals surface area contributed by atoms with Crippen molar-refractivity contribution in [2.45, 2.75) is 72.1 Å². The molecule has 0 heteroatoms. The van der Waals surface area contributed by atoms with Gasteiger partial charge in [0, 0.05) is 0 Å². The third-order valence-electron chi connectivity index (χ3n) is 3.71. The van der Waals surface area contributed by atoms with E-state index in [1.54, 1.807) is 5.56 Å². The standard InChI is InChI=1S/C17H28/c1-5-7-8-10-16-11-12-17(13-15(16)4)14(3)9-6-2/h11-14H,5-10H2,1-4H3/t14-/m1/s1. The normalized spacial score (nSPS) is 12.7. The summed E-state index contributed by atoms with van der Waals surface area (Å²) in [6, 6.07) is 7.10. The average Bonchev–Trinajstić information content (AvgIpc) is 2.31. The fourth-order valence-electron chi connectivity index (χ4n) is 2.47. The van der Waals surface area contributed by atoms with Crippen molar-refractivity contribution in [1.29, 1.82) is 0 Å². The molecule has 0 bridgehead atoms. The van der Waals surface area contributed by atoms with Crippen LogP contribution in [0.4, 0.5) is 0 Å². The molecule has 1 aromatic carbocycles. The molecule has 0 saturated heterocycles. The lowest BCUT2D eigenvalue weighted by atomic mass is 9.92. The van der Waals surface area contributed by atoms with Crippen LogP contribution in [0.15, 0.2) is 18.2 Å². The summed E-state index contributed by atoms with van der Waals surface area (Å²) in [5.74, 6) is 0.711. The second-order valence-corrected chi connectivity index (χ2v) is 5.33. The van der Waals surface area contributed by atoms with Gasteiger partial charge in [-0.1, -0.05) is 58.2 Å². The Hall–Kier alpha value is -0.780. The molecule has 0 unspecified atom stereocenters. The highest BCUT2D eigenvalue weighted by atomic mass is 14.1. The molecule has 0 aliphatic heterocycles. The molecule has 0 saturated carbocycles. The van der Waals surface area contributed by atoms with Gasteiger partial charge in [-0.3, -0.25) is 0 Å². The first-order valence-electron chi connectivity index (χ1n) is 7.28. The van der Waals surface area contributed by atoms with Gasteiger partial charge >= 0.3 is 0 Å². The van der Waals surface area contributed by atoms with Crippen LogP contribution in [0.25, 0.3) is 0 Å². The van der Waals surface area contributed by atoms with Crippen LogP contribution in [-0.2, 0) is 6.42 Å². The van der Waals surface area contributed by atoms with Gasteiger partial charge in [-0.2, -0.15) is 0 Å². The van der Waals surface area contributed by atoms with Gasteiger partial charge in [-0.05, 0) is 48.8 Å². The summed E-state index contributed by atoms with van der Waals surface area (Å²) >= 11 is 0. The Morgan fingerprint density at radius 3 is 2.41 bits per heavy atom. The Morgan fingerprint density at radius 2 is 1.82 bits per heavy atom. The topological polar surface area (TPSA) is 0 Å². The van der Waals surface area contributed by atoms with Gasteiger partial charge in [0.1, 0.15) is 0 Å². The van der Waals surface area contributed by atoms with E-state index in [1.807, 2.05) is 0 Å². The first-order valence-corrected chi connectivity index (χ1v) is 7.28. The summed E-state index contributed by atoms with van der Waals surface area (Å²) in [7, 11) is 0. The molecule has 0 N–H and O–H groups in total. The summed E-state index contributed by atoms with van der Waals surface area (Å²) in [6.45, 7) is 9.14. The Kier molecular flexibility index (Phi) is 6.32. The van der Waals surface area contributed by atoms with Crippen LogP contribution in [0.1, 0.15) is 75.5 Å². The van der Waals surface area contributed by atoms with Crippen LogP contribution in [-0.4, -0.2) is 0 Å². The van der Waals surface area contributed by atoms with Crippen LogP contribution < -0.4 is 0 Å². The minimum Gasteiger partial charge on any atom is -0.0654 e. The minimum absolute atomic E-state index is 0.711. The van der Waals surface area contributed by atoms with E-state index in [1.165, 1.54) is 49.7 Å². The summed E-state index contributed by atoms with van der Waals surface area (Å²) in [6.07, 6.45) is 7.83. The van der Waals surface area contributed by atoms with Crippen LogP contribution in [0, 0.1) is 6.92 Å². The Balaban J connectivity index is 2.65. The zero-order chi connectivity index (χ0) is 12.7. The smallest absolute Gasteiger partial charge is 0.0190 e. The molecule has 0 amide bonds. The van der Waals surface area contributed by atoms with Crippen molar-refractivity contribution < 1.29 is 0 Å². The summed E-state index contributed by atoms with van der Waals surface area (Å²) in [5, 5.41) is 0. The van der Waals surface area contributed by atoms with E-state index in [2.05, 4.69) is 45.9 Å². The Labute approximate surface area is 107 Å². The van der Waals surface area contributed by atoms with Crippen LogP contribution >= 0.6 is 0 Å². The zero-order valence-electron chi connectivity index (χ0n) is 12.1. The molecule has 17 heavy (non-hydrogen) atoms. The van der Waals surface area contributed by atoms with E-state index in [0.717, 1.165) is 0 Å². The number of hydrogen-bond donors (Lipinski definition) is 0. The fourth-order valence-corrected chi connectivity index (χ4v) is 2.47. The van der Waals surface area contributed by atoms with Crippen molar-refractivity contribution >= 4 is 0 Å². The highest BCUT2D eigenvalue weighted by molar-refractivity contribution is 5.32. The van der Waals surface area contributed by atoms with Gasteiger partial charge in [-0.25, -0.2) is 0 Å². The number of aryl methyl sites for hydroxylation is 2. The third kappa shape index (κ3) is 4.53. The monoisotopic (exact) mass is 232 g/mol. The van der Waals surface area contributed by atoms with Crippen LogP contribution in [0.5, 0.6) is 0 Å². The van der Waals surface area contributed by atoms with Crippen molar-refractivity contribution in [2.75, 3.05) is 0 Å². The van der Waals surface area contributed by atoms with Crippen molar-refractivity contribution in [2.24, 2.45) is 0 Å². The van der Waals surface area contributed by atoms with Crippen molar-refractivity contribution in [3.63, 3.8) is 0 Å². The minimum atomic E-state index is 0.711. The molecule has 1 aromatic rings. The van der Waals surface area contributed by atoms with Crippen molar-refractivity contribution in [3.05, 3.63) is 34.9 Å². The van der Waals surface area contributed by atoms with E-state index in [0.29, 0.717) is 5.92 Å². The molecule has 0 aliphatic carbocycles. The Morgan fingerprint density at radius 1 is 1.06 bits per heavy atom. The Bertz CT molecular complexity index is 325. The second-order valence-electron chi connectivity index (χ2n) is 5.33. The van der Waals surface area contributed by atoms with Gasteiger partial charge in [0.25, 0.3) is 0 Å². The molecule has 1 rings (SSSR count). The summed E-state index contributed by atoms with van der Waals surface area (Å²) < 4.78 is 0.